The Morgan fingerprint density at radius 2 is 2.07 bits per heavy atom. The van der Waals surface area contributed by atoms with E-state index in [0.29, 0.717) is 30.0 Å². The van der Waals surface area contributed by atoms with Gasteiger partial charge < -0.3 is 19.4 Å². The van der Waals surface area contributed by atoms with Gasteiger partial charge in [-0.05, 0) is 30.7 Å². The SMILES string of the molecule is Cc1ccc(NC2=N/C(=C\c3ccc(N4CCOCC4)o3)C(=O)N2)cc1Cl. The number of morpholine rings is 1. The van der Waals surface area contributed by atoms with Crippen molar-refractivity contribution in [3.8, 4) is 0 Å². The first-order chi connectivity index (χ1) is 13.1. The number of amides is 1. The molecule has 3 heterocycles. The van der Waals surface area contributed by atoms with Crippen LogP contribution in [0.25, 0.3) is 6.08 Å². The Labute approximate surface area is 161 Å². The minimum atomic E-state index is -0.292. The van der Waals surface area contributed by atoms with Crippen molar-refractivity contribution in [1.82, 2.24) is 5.32 Å². The number of furan rings is 1. The predicted octanol–water partition coefficient (Wildman–Crippen LogP) is 3.02. The molecule has 0 aliphatic carbocycles. The Morgan fingerprint density at radius 3 is 2.85 bits per heavy atom. The fourth-order valence-corrected chi connectivity index (χ4v) is 3.02. The highest BCUT2D eigenvalue weighted by Gasteiger charge is 2.21. The number of anilines is 2. The summed E-state index contributed by atoms with van der Waals surface area (Å²) in [5, 5.41) is 6.39. The third-order valence-corrected chi connectivity index (χ3v) is 4.75. The molecule has 1 aromatic carbocycles. The smallest absolute Gasteiger partial charge is 0.276 e. The number of aliphatic imine (C=N–C) groups is 1. The molecule has 27 heavy (non-hydrogen) atoms. The average Bonchev–Trinajstić information content (AvgIpc) is 3.26. The number of carbonyl (C=O) groups is 1. The molecule has 0 spiro atoms. The van der Waals surface area contributed by atoms with Crippen molar-refractivity contribution in [3.05, 3.63) is 52.4 Å². The Hall–Kier alpha value is -2.77. The van der Waals surface area contributed by atoms with Gasteiger partial charge in [0.15, 0.2) is 5.88 Å². The Bertz CT molecular complexity index is 929. The van der Waals surface area contributed by atoms with Crippen LogP contribution in [0, 0.1) is 6.92 Å². The number of ether oxygens (including phenoxy) is 1. The van der Waals surface area contributed by atoms with Gasteiger partial charge >= 0.3 is 0 Å². The molecule has 140 valence electrons. The van der Waals surface area contributed by atoms with Crippen LogP contribution in [-0.2, 0) is 9.53 Å². The minimum absolute atomic E-state index is 0.276. The van der Waals surface area contributed by atoms with Gasteiger partial charge in [0.05, 0.1) is 13.2 Å². The van der Waals surface area contributed by atoms with E-state index in [1.54, 1.807) is 12.1 Å². The standard InChI is InChI=1S/C19H19ClN4O3/c1-12-2-3-13(10-15(12)20)21-19-22-16(18(25)23-19)11-14-4-5-17(27-14)24-6-8-26-9-7-24/h2-5,10-11H,6-9H2,1H3,(H2,21,22,23,25)/b16-11-. The third-order valence-electron chi connectivity index (χ3n) is 4.35. The molecule has 7 nitrogen and oxygen atoms in total. The van der Waals surface area contributed by atoms with Crippen molar-refractivity contribution in [2.45, 2.75) is 6.92 Å². The summed E-state index contributed by atoms with van der Waals surface area (Å²) in [5.41, 5.74) is 2.01. The van der Waals surface area contributed by atoms with Crippen molar-refractivity contribution >= 4 is 41.1 Å². The lowest BCUT2D eigenvalue weighted by molar-refractivity contribution is -0.115. The maximum atomic E-state index is 12.2. The minimum Gasteiger partial charge on any atom is -0.441 e. The van der Waals surface area contributed by atoms with Gasteiger partial charge in [-0.25, -0.2) is 4.99 Å². The van der Waals surface area contributed by atoms with Gasteiger partial charge in [-0.15, -0.1) is 0 Å². The second kappa shape index (κ2) is 7.46. The topological polar surface area (TPSA) is 79.1 Å². The number of hydrogen-bond donors (Lipinski definition) is 2. The van der Waals surface area contributed by atoms with Gasteiger partial charge in [0.2, 0.25) is 5.96 Å². The normalized spacial score (nSPS) is 18.6. The van der Waals surface area contributed by atoms with Gasteiger partial charge in [0, 0.05) is 35.9 Å². The van der Waals surface area contributed by atoms with Crippen LogP contribution in [0.4, 0.5) is 11.6 Å². The first kappa shape index (κ1) is 17.6. The van der Waals surface area contributed by atoms with Crippen molar-refractivity contribution in [3.63, 3.8) is 0 Å². The lowest BCUT2D eigenvalue weighted by Gasteiger charge is -2.26. The molecule has 4 rings (SSSR count). The lowest BCUT2D eigenvalue weighted by atomic mass is 10.2. The number of rotatable bonds is 3. The molecule has 2 N–H and O–H groups in total. The fourth-order valence-electron chi connectivity index (χ4n) is 2.84. The summed E-state index contributed by atoms with van der Waals surface area (Å²) in [6.07, 6.45) is 1.62. The zero-order chi connectivity index (χ0) is 18.8. The molecule has 0 unspecified atom stereocenters. The number of nitrogens with one attached hydrogen (secondary N) is 2. The summed E-state index contributed by atoms with van der Waals surface area (Å²) in [5.74, 6) is 1.40. The molecule has 0 atom stereocenters. The molecule has 1 fully saturated rings. The number of guanidine groups is 1. The molecule has 2 aromatic rings. The monoisotopic (exact) mass is 386 g/mol. The second-order valence-corrected chi connectivity index (χ2v) is 6.72. The summed E-state index contributed by atoms with van der Waals surface area (Å²) in [7, 11) is 0. The number of carbonyl (C=O) groups excluding carboxylic acids is 1. The van der Waals surface area contributed by atoms with Crippen LogP contribution in [0.1, 0.15) is 11.3 Å². The summed E-state index contributed by atoms with van der Waals surface area (Å²) in [6, 6.07) is 9.27. The number of hydrogen-bond acceptors (Lipinski definition) is 6. The first-order valence-corrected chi connectivity index (χ1v) is 9.04. The van der Waals surface area contributed by atoms with E-state index in [4.69, 9.17) is 20.8 Å². The Balaban J connectivity index is 1.49. The van der Waals surface area contributed by atoms with E-state index in [2.05, 4.69) is 20.5 Å². The zero-order valence-electron chi connectivity index (χ0n) is 14.8. The predicted molar refractivity (Wildman–Crippen MR) is 105 cm³/mol. The second-order valence-electron chi connectivity index (χ2n) is 6.31. The first-order valence-electron chi connectivity index (χ1n) is 8.66. The largest absolute Gasteiger partial charge is 0.441 e. The van der Waals surface area contributed by atoms with Crippen molar-refractivity contribution in [2.75, 3.05) is 36.5 Å². The summed E-state index contributed by atoms with van der Waals surface area (Å²) < 4.78 is 11.2. The van der Waals surface area contributed by atoms with E-state index < -0.39 is 0 Å². The number of benzene rings is 1. The maximum Gasteiger partial charge on any atom is 0.276 e. The molecule has 1 aromatic heterocycles. The van der Waals surface area contributed by atoms with Crippen LogP contribution in [0.2, 0.25) is 5.02 Å². The molecule has 8 heteroatoms. The maximum absolute atomic E-state index is 12.2. The van der Waals surface area contributed by atoms with E-state index >= 15 is 0 Å². The van der Waals surface area contributed by atoms with Crippen LogP contribution in [0.3, 0.4) is 0 Å². The van der Waals surface area contributed by atoms with Gasteiger partial charge in [-0.3, -0.25) is 10.1 Å². The van der Waals surface area contributed by atoms with Crippen molar-refractivity contribution in [1.29, 1.82) is 0 Å². The molecule has 2 aliphatic rings. The molecule has 0 saturated carbocycles. The van der Waals surface area contributed by atoms with E-state index in [9.17, 15) is 4.79 Å². The molecule has 0 bridgehead atoms. The van der Waals surface area contributed by atoms with Crippen molar-refractivity contribution in [2.24, 2.45) is 4.99 Å². The van der Waals surface area contributed by atoms with E-state index in [-0.39, 0.29) is 11.6 Å². The van der Waals surface area contributed by atoms with E-state index in [1.165, 1.54) is 0 Å². The number of halogens is 1. The van der Waals surface area contributed by atoms with E-state index in [1.807, 2.05) is 31.2 Å². The average molecular weight is 387 g/mol. The van der Waals surface area contributed by atoms with E-state index in [0.717, 1.165) is 30.2 Å². The number of aryl methyl sites for hydroxylation is 1. The van der Waals surface area contributed by atoms with Gasteiger partial charge in [-0.1, -0.05) is 17.7 Å². The van der Waals surface area contributed by atoms with Crippen LogP contribution < -0.4 is 15.5 Å². The lowest BCUT2D eigenvalue weighted by Crippen LogP contribution is -2.35. The summed E-state index contributed by atoms with van der Waals surface area (Å²) in [6.45, 7) is 4.87. The van der Waals surface area contributed by atoms with Crippen LogP contribution in [0.15, 0.2) is 45.4 Å². The third kappa shape index (κ3) is 3.99. The van der Waals surface area contributed by atoms with Gasteiger partial charge in [0.1, 0.15) is 11.5 Å². The quantitative estimate of drug-likeness (QED) is 0.793. The molecule has 1 saturated heterocycles. The Kier molecular flexibility index (Phi) is 4.87. The van der Waals surface area contributed by atoms with Gasteiger partial charge in [0.25, 0.3) is 5.91 Å². The van der Waals surface area contributed by atoms with Crippen molar-refractivity contribution < 1.29 is 13.9 Å². The molecule has 0 radical (unpaired) electrons. The highest BCUT2D eigenvalue weighted by atomic mass is 35.5. The van der Waals surface area contributed by atoms with Crippen LogP contribution >= 0.6 is 11.6 Å². The molecular formula is C19H19ClN4O3. The molecular weight excluding hydrogens is 368 g/mol. The van der Waals surface area contributed by atoms with Crippen LogP contribution in [-0.4, -0.2) is 38.2 Å². The summed E-state index contributed by atoms with van der Waals surface area (Å²) >= 11 is 6.13. The molecule has 2 aliphatic heterocycles. The van der Waals surface area contributed by atoms with Gasteiger partial charge in [-0.2, -0.15) is 0 Å². The number of nitrogens with zero attached hydrogens (tertiary/aromatic N) is 2. The molecule has 1 amide bonds. The highest BCUT2D eigenvalue weighted by molar-refractivity contribution is 6.31. The van der Waals surface area contributed by atoms with Crippen LogP contribution in [0.5, 0.6) is 0 Å². The zero-order valence-corrected chi connectivity index (χ0v) is 15.5. The summed E-state index contributed by atoms with van der Waals surface area (Å²) in [4.78, 5) is 18.6. The Morgan fingerprint density at radius 1 is 1.26 bits per heavy atom. The fraction of sp³-hybridized carbons (Fsp3) is 0.263. The highest BCUT2D eigenvalue weighted by Crippen LogP contribution is 2.23.